The van der Waals surface area contributed by atoms with Crippen LogP contribution in [0.1, 0.15) is 5.89 Å². The molecule has 0 saturated heterocycles. The number of nitrogens with two attached hydrogens (primary N) is 1. The zero-order chi connectivity index (χ0) is 18.5. The third kappa shape index (κ3) is 5.72. The molecule has 0 unspecified atom stereocenters. The Balaban J connectivity index is 0.00000261. The lowest BCUT2D eigenvalue weighted by atomic mass is 10.2. The van der Waals surface area contributed by atoms with Crippen molar-refractivity contribution in [2.24, 2.45) is 10.7 Å². The number of rotatable bonds is 5. The predicted octanol–water partition coefficient (Wildman–Crippen LogP) is 4.60. The molecule has 0 spiro atoms. The highest BCUT2D eigenvalue weighted by atomic mass is 127. The number of benzene rings is 2. The van der Waals surface area contributed by atoms with Crippen LogP contribution in [-0.2, 0) is 6.54 Å². The summed E-state index contributed by atoms with van der Waals surface area (Å²) in [5.41, 5.74) is 7.35. The number of nitrogens with one attached hydrogen (secondary N) is 1. The van der Waals surface area contributed by atoms with Gasteiger partial charge < -0.3 is 20.3 Å². The summed E-state index contributed by atoms with van der Waals surface area (Å²) in [6.07, 6.45) is 0. The van der Waals surface area contributed by atoms with E-state index in [0.717, 1.165) is 5.56 Å². The molecule has 1 aromatic heterocycles. The molecule has 142 valence electrons. The zero-order valence-corrected chi connectivity index (χ0v) is 18.0. The smallest absolute Gasteiger partial charge is 0.248 e. The number of nitrogens with zero attached hydrogens (tertiary/aromatic N) is 3. The first-order valence-electron chi connectivity index (χ1n) is 7.54. The summed E-state index contributed by atoms with van der Waals surface area (Å²) in [4.78, 5) is 8.45. The SMILES string of the molecule is COc1ccc(NC(N)=NCc2nc(-c3ccc(Cl)cc3)no2)cc1Cl.I. The molecule has 0 bridgehead atoms. The topological polar surface area (TPSA) is 98.6 Å². The van der Waals surface area contributed by atoms with E-state index in [0.29, 0.717) is 33.2 Å². The van der Waals surface area contributed by atoms with Crippen LogP contribution in [0.2, 0.25) is 10.0 Å². The van der Waals surface area contributed by atoms with E-state index < -0.39 is 0 Å². The fourth-order valence-electron chi connectivity index (χ4n) is 2.12. The van der Waals surface area contributed by atoms with Crippen LogP contribution in [0.15, 0.2) is 52.0 Å². The first kappa shape index (κ1) is 21.3. The van der Waals surface area contributed by atoms with Crippen LogP contribution in [0.4, 0.5) is 5.69 Å². The maximum atomic E-state index is 6.07. The molecule has 0 aliphatic heterocycles. The van der Waals surface area contributed by atoms with Crippen LogP contribution in [-0.4, -0.2) is 23.2 Å². The van der Waals surface area contributed by atoms with Gasteiger partial charge in [-0.15, -0.1) is 24.0 Å². The molecule has 0 aliphatic carbocycles. The van der Waals surface area contributed by atoms with Crippen molar-refractivity contribution in [3.8, 4) is 17.1 Å². The molecular weight excluding hydrogens is 504 g/mol. The van der Waals surface area contributed by atoms with Crippen molar-refractivity contribution < 1.29 is 9.26 Å². The Bertz CT molecular complexity index is 931. The van der Waals surface area contributed by atoms with E-state index >= 15 is 0 Å². The minimum atomic E-state index is 0. The fraction of sp³-hybridized carbons (Fsp3) is 0.118. The van der Waals surface area contributed by atoms with E-state index in [2.05, 4.69) is 20.4 Å². The molecule has 3 aromatic rings. The predicted molar refractivity (Wildman–Crippen MR) is 117 cm³/mol. The van der Waals surface area contributed by atoms with Crippen molar-refractivity contribution >= 4 is 58.8 Å². The summed E-state index contributed by atoms with van der Waals surface area (Å²) in [6.45, 7) is 0.142. The lowest BCUT2D eigenvalue weighted by Crippen LogP contribution is -2.22. The number of aromatic nitrogens is 2. The van der Waals surface area contributed by atoms with Crippen LogP contribution in [0.25, 0.3) is 11.4 Å². The van der Waals surface area contributed by atoms with Gasteiger partial charge in [0.05, 0.1) is 12.1 Å². The highest BCUT2D eigenvalue weighted by Crippen LogP contribution is 2.27. The molecule has 0 radical (unpaired) electrons. The minimum absolute atomic E-state index is 0. The van der Waals surface area contributed by atoms with Crippen molar-refractivity contribution in [2.75, 3.05) is 12.4 Å². The molecule has 27 heavy (non-hydrogen) atoms. The molecule has 7 nitrogen and oxygen atoms in total. The number of anilines is 1. The van der Waals surface area contributed by atoms with E-state index in [9.17, 15) is 0 Å². The zero-order valence-electron chi connectivity index (χ0n) is 14.1. The summed E-state index contributed by atoms with van der Waals surface area (Å²) >= 11 is 11.9. The number of hydrogen-bond donors (Lipinski definition) is 2. The second-order valence-corrected chi connectivity index (χ2v) is 6.04. The molecule has 1 heterocycles. The molecule has 0 atom stereocenters. The summed E-state index contributed by atoms with van der Waals surface area (Å²) in [5.74, 6) is 1.57. The van der Waals surface area contributed by atoms with Gasteiger partial charge in [0.1, 0.15) is 12.3 Å². The molecule has 3 rings (SSSR count). The van der Waals surface area contributed by atoms with Crippen LogP contribution in [0.5, 0.6) is 5.75 Å². The number of methoxy groups -OCH3 is 1. The Morgan fingerprint density at radius 2 is 1.96 bits per heavy atom. The van der Waals surface area contributed by atoms with Gasteiger partial charge in [0.2, 0.25) is 11.7 Å². The number of guanidine groups is 1. The second-order valence-electron chi connectivity index (χ2n) is 5.19. The molecule has 0 aliphatic rings. The van der Waals surface area contributed by atoms with Crippen molar-refractivity contribution in [3.05, 3.63) is 58.4 Å². The van der Waals surface area contributed by atoms with Crippen LogP contribution < -0.4 is 15.8 Å². The minimum Gasteiger partial charge on any atom is -0.495 e. The molecule has 0 saturated carbocycles. The number of aliphatic imine (C=N–C) groups is 1. The van der Waals surface area contributed by atoms with Crippen molar-refractivity contribution in [1.82, 2.24) is 10.1 Å². The Hall–Kier alpha value is -2.04. The van der Waals surface area contributed by atoms with E-state index in [4.69, 9.17) is 38.2 Å². The fourth-order valence-corrected chi connectivity index (χ4v) is 2.50. The Kier molecular flexibility index (Phi) is 7.69. The average Bonchev–Trinajstić information content (AvgIpc) is 3.10. The van der Waals surface area contributed by atoms with Gasteiger partial charge in [0, 0.05) is 16.3 Å². The lowest BCUT2D eigenvalue weighted by molar-refractivity contribution is 0.381. The maximum Gasteiger partial charge on any atom is 0.248 e. The second kappa shape index (κ2) is 9.77. The molecule has 10 heteroatoms. The maximum absolute atomic E-state index is 6.07. The Morgan fingerprint density at radius 1 is 1.22 bits per heavy atom. The van der Waals surface area contributed by atoms with Gasteiger partial charge >= 0.3 is 0 Å². The highest BCUT2D eigenvalue weighted by molar-refractivity contribution is 14.0. The van der Waals surface area contributed by atoms with Crippen molar-refractivity contribution in [2.45, 2.75) is 6.54 Å². The third-order valence-corrected chi connectivity index (χ3v) is 3.93. The van der Waals surface area contributed by atoms with Crippen LogP contribution in [0, 0.1) is 0 Å². The highest BCUT2D eigenvalue weighted by Gasteiger charge is 2.08. The first-order valence-corrected chi connectivity index (χ1v) is 8.30. The third-order valence-electron chi connectivity index (χ3n) is 3.38. The average molecular weight is 520 g/mol. The van der Waals surface area contributed by atoms with Crippen molar-refractivity contribution in [1.29, 1.82) is 0 Å². The summed E-state index contributed by atoms with van der Waals surface area (Å²) in [7, 11) is 1.55. The molecule has 2 aromatic carbocycles. The van der Waals surface area contributed by atoms with Crippen molar-refractivity contribution in [3.63, 3.8) is 0 Å². The van der Waals surface area contributed by atoms with Gasteiger partial charge in [-0.05, 0) is 42.5 Å². The van der Waals surface area contributed by atoms with E-state index in [1.54, 1.807) is 37.4 Å². The van der Waals surface area contributed by atoms with E-state index in [1.165, 1.54) is 0 Å². The Morgan fingerprint density at radius 3 is 2.63 bits per heavy atom. The van der Waals surface area contributed by atoms with Gasteiger partial charge in [-0.3, -0.25) is 0 Å². The standard InChI is InChI=1S/C17H15Cl2N5O2.HI/c1-25-14-7-6-12(8-13(14)19)22-17(20)21-9-15-23-16(24-26-15)10-2-4-11(18)5-3-10;/h2-8H,9H2,1H3,(H3,20,21,22);1H. The Labute approximate surface area is 182 Å². The molecule has 3 N–H and O–H groups in total. The largest absolute Gasteiger partial charge is 0.495 e. The summed E-state index contributed by atoms with van der Waals surface area (Å²) in [5, 5.41) is 7.96. The lowest BCUT2D eigenvalue weighted by Gasteiger charge is -2.08. The summed E-state index contributed by atoms with van der Waals surface area (Å²) < 4.78 is 10.3. The number of ether oxygens (including phenoxy) is 1. The molecule has 0 fully saturated rings. The van der Waals surface area contributed by atoms with Crippen LogP contribution in [0.3, 0.4) is 0 Å². The number of hydrogen-bond acceptors (Lipinski definition) is 5. The van der Waals surface area contributed by atoms with E-state index in [1.807, 2.05) is 12.1 Å². The quantitative estimate of drug-likeness (QED) is 0.290. The molecule has 0 amide bonds. The van der Waals surface area contributed by atoms with Gasteiger partial charge in [0.25, 0.3) is 0 Å². The number of halogens is 3. The summed E-state index contributed by atoms with van der Waals surface area (Å²) in [6, 6.07) is 12.3. The molecular formula is C17H16Cl2IN5O2. The monoisotopic (exact) mass is 519 g/mol. The van der Waals surface area contributed by atoms with Gasteiger partial charge in [-0.25, -0.2) is 4.99 Å². The van der Waals surface area contributed by atoms with E-state index in [-0.39, 0.29) is 36.5 Å². The normalized spacial score (nSPS) is 11.0. The van der Waals surface area contributed by atoms with Gasteiger partial charge in [-0.1, -0.05) is 28.4 Å². The van der Waals surface area contributed by atoms with Crippen LogP contribution >= 0.6 is 47.2 Å². The first-order chi connectivity index (χ1) is 12.5. The van der Waals surface area contributed by atoms with Gasteiger partial charge in [-0.2, -0.15) is 4.98 Å². The van der Waals surface area contributed by atoms with Gasteiger partial charge in [0.15, 0.2) is 5.96 Å².